The van der Waals surface area contributed by atoms with Crippen LogP contribution in [0.25, 0.3) is 0 Å². The summed E-state index contributed by atoms with van der Waals surface area (Å²) in [5.74, 6) is 0. The van der Waals surface area contributed by atoms with Crippen LogP contribution in [0.4, 0.5) is 5.69 Å². The van der Waals surface area contributed by atoms with Crippen LogP contribution in [0.15, 0.2) is 52.4 Å². The van der Waals surface area contributed by atoms with Crippen LogP contribution < -0.4 is 0 Å². The lowest BCUT2D eigenvalue weighted by molar-refractivity contribution is 1.39. The van der Waals surface area contributed by atoms with Crippen LogP contribution in [0.2, 0.25) is 10.0 Å². The zero-order valence-electron chi connectivity index (χ0n) is 8.77. The van der Waals surface area contributed by atoms with E-state index in [9.17, 15) is 0 Å². The Kier molecular flexibility index (Phi) is 4.11. The Morgan fingerprint density at radius 3 is 2.47 bits per heavy atom. The van der Waals surface area contributed by atoms with Gasteiger partial charge in [0, 0.05) is 11.1 Å². The van der Waals surface area contributed by atoms with Crippen molar-refractivity contribution in [1.29, 1.82) is 0 Å². The van der Waals surface area contributed by atoms with E-state index in [4.69, 9.17) is 23.2 Å². The number of aliphatic imine (C=N–C) groups is 1. The van der Waals surface area contributed by atoms with Gasteiger partial charge in [0.15, 0.2) is 0 Å². The standard InChI is InChI=1S/C13H9Cl2NS/c14-10-6-5-9(7-11(10)15)8-16-12-3-1-2-4-13(12)17/h1-8,17H. The summed E-state index contributed by atoms with van der Waals surface area (Å²) < 4.78 is 0. The van der Waals surface area contributed by atoms with Gasteiger partial charge in [-0.1, -0.05) is 41.4 Å². The van der Waals surface area contributed by atoms with Crippen LogP contribution in [0, 0.1) is 0 Å². The quantitative estimate of drug-likeness (QED) is 0.585. The minimum atomic E-state index is 0.523. The number of thiol groups is 1. The molecule has 17 heavy (non-hydrogen) atoms. The van der Waals surface area contributed by atoms with Crippen LogP contribution in [0.1, 0.15) is 5.56 Å². The van der Waals surface area contributed by atoms with E-state index in [1.165, 1.54) is 0 Å². The first-order valence-electron chi connectivity index (χ1n) is 4.94. The molecule has 0 aliphatic carbocycles. The Morgan fingerprint density at radius 2 is 1.76 bits per heavy atom. The average molecular weight is 282 g/mol. The lowest BCUT2D eigenvalue weighted by atomic mass is 10.2. The van der Waals surface area contributed by atoms with E-state index in [0.717, 1.165) is 16.1 Å². The van der Waals surface area contributed by atoms with Gasteiger partial charge in [0.1, 0.15) is 0 Å². The predicted molar refractivity (Wildman–Crippen MR) is 77.4 cm³/mol. The lowest BCUT2D eigenvalue weighted by Gasteiger charge is -1.99. The maximum absolute atomic E-state index is 5.92. The van der Waals surface area contributed by atoms with Gasteiger partial charge in [-0.25, -0.2) is 0 Å². The molecule has 2 rings (SSSR count). The van der Waals surface area contributed by atoms with Crippen molar-refractivity contribution in [2.24, 2.45) is 4.99 Å². The molecule has 0 bridgehead atoms. The molecule has 0 spiro atoms. The van der Waals surface area contributed by atoms with Crippen LogP contribution in [0.5, 0.6) is 0 Å². The van der Waals surface area contributed by atoms with Crippen LogP contribution in [0.3, 0.4) is 0 Å². The zero-order chi connectivity index (χ0) is 12.3. The molecule has 86 valence electrons. The molecule has 2 aromatic carbocycles. The smallest absolute Gasteiger partial charge is 0.0763 e. The molecule has 0 aliphatic rings. The van der Waals surface area contributed by atoms with E-state index in [-0.39, 0.29) is 0 Å². The van der Waals surface area contributed by atoms with Crippen molar-refractivity contribution in [2.75, 3.05) is 0 Å². The second-order valence-corrected chi connectivity index (χ2v) is 4.72. The molecule has 0 aliphatic heterocycles. The monoisotopic (exact) mass is 281 g/mol. The molecule has 0 aromatic heterocycles. The summed E-state index contributed by atoms with van der Waals surface area (Å²) in [5, 5.41) is 1.06. The van der Waals surface area contributed by atoms with Gasteiger partial charge in [-0.3, -0.25) is 4.99 Å². The van der Waals surface area contributed by atoms with Crippen molar-refractivity contribution >= 4 is 47.7 Å². The number of nitrogens with zero attached hydrogens (tertiary/aromatic N) is 1. The third-order valence-corrected chi connectivity index (χ3v) is 3.30. The lowest BCUT2D eigenvalue weighted by Crippen LogP contribution is -1.81. The first-order valence-corrected chi connectivity index (χ1v) is 6.14. The van der Waals surface area contributed by atoms with Crippen molar-refractivity contribution in [1.82, 2.24) is 0 Å². The summed E-state index contributed by atoms with van der Waals surface area (Å²) in [7, 11) is 0. The van der Waals surface area contributed by atoms with E-state index >= 15 is 0 Å². The van der Waals surface area contributed by atoms with Gasteiger partial charge in [-0.15, -0.1) is 12.6 Å². The summed E-state index contributed by atoms with van der Waals surface area (Å²) >= 11 is 16.1. The summed E-state index contributed by atoms with van der Waals surface area (Å²) in [5.41, 5.74) is 1.72. The van der Waals surface area contributed by atoms with Crippen molar-refractivity contribution in [3.63, 3.8) is 0 Å². The van der Waals surface area contributed by atoms with E-state index in [2.05, 4.69) is 17.6 Å². The Balaban J connectivity index is 2.26. The number of hydrogen-bond donors (Lipinski definition) is 1. The third-order valence-electron chi connectivity index (χ3n) is 2.18. The molecule has 2 aromatic rings. The number of halogens is 2. The number of para-hydroxylation sites is 1. The number of hydrogen-bond acceptors (Lipinski definition) is 2. The van der Waals surface area contributed by atoms with Gasteiger partial charge in [-0.2, -0.15) is 0 Å². The molecule has 1 nitrogen and oxygen atoms in total. The molecule has 0 radical (unpaired) electrons. The van der Waals surface area contributed by atoms with Gasteiger partial charge >= 0.3 is 0 Å². The largest absolute Gasteiger partial charge is 0.255 e. The molecule has 0 saturated carbocycles. The molecular weight excluding hydrogens is 273 g/mol. The fraction of sp³-hybridized carbons (Fsp3) is 0. The van der Waals surface area contributed by atoms with Crippen LogP contribution >= 0.6 is 35.8 Å². The Labute approximate surface area is 116 Å². The summed E-state index contributed by atoms with van der Waals surface area (Å²) in [6.45, 7) is 0. The number of rotatable bonds is 2. The average Bonchev–Trinajstić information content (AvgIpc) is 2.32. The first kappa shape index (κ1) is 12.5. The fourth-order valence-corrected chi connectivity index (χ4v) is 1.83. The van der Waals surface area contributed by atoms with E-state index in [1.807, 2.05) is 30.3 Å². The van der Waals surface area contributed by atoms with Crippen molar-refractivity contribution in [3.05, 3.63) is 58.1 Å². The summed E-state index contributed by atoms with van der Waals surface area (Å²) in [6.07, 6.45) is 1.73. The van der Waals surface area contributed by atoms with Gasteiger partial charge in [0.2, 0.25) is 0 Å². The first-order chi connectivity index (χ1) is 8.16. The van der Waals surface area contributed by atoms with Gasteiger partial charge in [0.25, 0.3) is 0 Å². The Hall–Kier alpha value is -0.960. The van der Waals surface area contributed by atoms with Crippen molar-refractivity contribution in [3.8, 4) is 0 Å². The number of benzene rings is 2. The second kappa shape index (κ2) is 5.58. The van der Waals surface area contributed by atoms with E-state index in [1.54, 1.807) is 18.3 Å². The highest BCUT2D eigenvalue weighted by molar-refractivity contribution is 7.80. The second-order valence-electron chi connectivity index (χ2n) is 3.42. The maximum atomic E-state index is 5.92. The minimum absolute atomic E-state index is 0.523. The summed E-state index contributed by atoms with van der Waals surface area (Å²) in [4.78, 5) is 5.18. The van der Waals surface area contributed by atoms with Crippen molar-refractivity contribution in [2.45, 2.75) is 4.90 Å². The summed E-state index contributed by atoms with van der Waals surface area (Å²) in [6, 6.07) is 13.0. The molecule has 0 amide bonds. The van der Waals surface area contributed by atoms with E-state index in [0.29, 0.717) is 10.0 Å². The Bertz CT molecular complexity index is 567. The molecule has 0 atom stereocenters. The zero-order valence-corrected chi connectivity index (χ0v) is 11.2. The highest BCUT2D eigenvalue weighted by atomic mass is 35.5. The fourth-order valence-electron chi connectivity index (χ4n) is 1.31. The topological polar surface area (TPSA) is 12.4 Å². The third kappa shape index (κ3) is 3.25. The molecule has 0 N–H and O–H groups in total. The molecule has 0 saturated heterocycles. The molecule has 0 unspecified atom stereocenters. The SMILES string of the molecule is Sc1ccccc1N=Cc1ccc(Cl)c(Cl)c1. The van der Waals surface area contributed by atoms with E-state index < -0.39 is 0 Å². The van der Waals surface area contributed by atoms with Crippen molar-refractivity contribution < 1.29 is 0 Å². The highest BCUT2D eigenvalue weighted by Crippen LogP contribution is 2.24. The highest BCUT2D eigenvalue weighted by Gasteiger charge is 1.98. The molecular formula is C13H9Cl2NS. The maximum Gasteiger partial charge on any atom is 0.0763 e. The molecule has 0 fully saturated rings. The normalized spacial score (nSPS) is 11.0. The van der Waals surface area contributed by atoms with Crippen LogP contribution in [-0.4, -0.2) is 6.21 Å². The predicted octanol–water partition coefficient (Wildman–Crippen LogP) is 5.03. The van der Waals surface area contributed by atoms with Gasteiger partial charge in [0.05, 0.1) is 15.7 Å². The van der Waals surface area contributed by atoms with Gasteiger partial charge < -0.3 is 0 Å². The minimum Gasteiger partial charge on any atom is -0.255 e. The molecule has 4 heteroatoms. The Morgan fingerprint density at radius 1 is 1.00 bits per heavy atom. The van der Waals surface area contributed by atoms with Gasteiger partial charge in [-0.05, 0) is 29.8 Å². The van der Waals surface area contributed by atoms with Crippen LogP contribution in [-0.2, 0) is 0 Å². The molecule has 0 heterocycles.